The fraction of sp³-hybridized carbons (Fsp3) is 0.240. The summed E-state index contributed by atoms with van der Waals surface area (Å²) >= 11 is 12.1. The van der Waals surface area contributed by atoms with Gasteiger partial charge in [0, 0.05) is 28.7 Å². The third kappa shape index (κ3) is 7.07. The molecule has 0 saturated heterocycles. The Labute approximate surface area is 213 Å². The molecule has 0 N–H and O–H groups in total. The van der Waals surface area contributed by atoms with Gasteiger partial charge in [0.1, 0.15) is 5.75 Å². The molecule has 3 rings (SSSR count). The number of rotatable bonds is 7. The smallest absolute Gasteiger partial charge is 0.416 e. The van der Waals surface area contributed by atoms with Gasteiger partial charge in [0.15, 0.2) is 0 Å². The average molecular weight is 550 g/mol. The van der Waals surface area contributed by atoms with Crippen molar-refractivity contribution in [2.75, 3.05) is 13.7 Å². The SMILES string of the molecule is COc1ccc(CN(CCc2ccc(Cl)cc2Cl)C(=O)c2cc(C(F)(F)F)cc(C(F)(F)F)c2)cc1. The number of hydrogen-bond acceptors (Lipinski definition) is 2. The third-order valence-electron chi connectivity index (χ3n) is 5.32. The molecule has 36 heavy (non-hydrogen) atoms. The van der Waals surface area contributed by atoms with Crippen LogP contribution < -0.4 is 4.74 Å². The Kier molecular flexibility index (Phi) is 8.46. The molecule has 192 valence electrons. The number of carbonyl (C=O) groups excluding carboxylic acids is 1. The van der Waals surface area contributed by atoms with Crippen molar-refractivity contribution in [1.29, 1.82) is 0 Å². The monoisotopic (exact) mass is 549 g/mol. The van der Waals surface area contributed by atoms with Crippen LogP contribution in [0.25, 0.3) is 0 Å². The first-order valence-corrected chi connectivity index (χ1v) is 11.2. The first-order chi connectivity index (χ1) is 16.8. The Morgan fingerprint density at radius 2 is 1.44 bits per heavy atom. The molecule has 3 aromatic carbocycles. The predicted octanol–water partition coefficient (Wildman–Crippen LogP) is 7.92. The lowest BCUT2D eigenvalue weighted by Gasteiger charge is -2.24. The van der Waals surface area contributed by atoms with Crippen LogP contribution in [0.2, 0.25) is 10.0 Å². The number of alkyl halides is 6. The summed E-state index contributed by atoms with van der Waals surface area (Å²) in [5.41, 5.74) is -2.66. The van der Waals surface area contributed by atoms with Crippen LogP contribution in [-0.2, 0) is 25.3 Å². The molecule has 0 heterocycles. The molecule has 1 amide bonds. The normalized spacial score (nSPS) is 11.9. The fourth-order valence-corrected chi connectivity index (χ4v) is 3.95. The van der Waals surface area contributed by atoms with E-state index in [2.05, 4.69) is 0 Å². The minimum Gasteiger partial charge on any atom is -0.497 e. The molecule has 0 aliphatic carbocycles. The van der Waals surface area contributed by atoms with Crippen molar-refractivity contribution < 1.29 is 35.9 Å². The standard InChI is InChI=1S/C25H19Cl2F6NO2/c1-36-21-6-2-15(3-7-21)14-34(9-8-16-4-5-20(26)13-22(16)27)23(35)17-10-18(24(28,29)30)12-19(11-17)25(31,32)33/h2-7,10-13H,8-9,14H2,1H3. The molecule has 0 spiro atoms. The summed E-state index contributed by atoms with van der Waals surface area (Å²) in [6.07, 6.45) is -9.97. The maximum atomic E-state index is 13.3. The molecular formula is C25H19Cl2F6NO2. The summed E-state index contributed by atoms with van der Waals surface area (Å²) < 4.78 is 85.1. The average Bonchev–Trinajstić information content (AvgIpc) is 2.81. The Morgan fingerprint density at radius 3 is 1.94 bits per heavy atom. The molecule has 0 unspecified atom stereocenters. The number of carbonyl (C=O) groups is 1. The summed E-state index contributed by atoms with van der Waals surface area (Å²) in [6, 6.07) is 12.1. The number of ether oxygens (including phenoxy) is 1. The summed E-state index contributed by atoms with van der Waals surface area (Å²) in [5, 5.41) is 0.705. The number of hydrogen-bond donors (Lipinski definition) is 0. The van der Waals surface area contributed by atoms with Crippen LogP contribution in [0.3, 0.4) is 0 Å². The molecule has 3 nitrogen and oxygen atoms in total. The summed E-state index contributed by atoms with van der Waals surface area (Å²) in [6.45, 7) is -0.116. The zero-order valence-electron chi connectivity index (χ0n) is 18.7. The number of benzene rings is 3. The van der Waals surface area contributed by atoms with E-state index in [1.165, 1.54) is 18.1 Å². The van der Waals surface area contributed by atoms with Crippen LogP contribution in [0.5, 0.6) is 5.75 Å². The zero-order valence-corrected chi connectivity index (χ0v) is 20.2. The summed E-state index contributed by atoms with van der Waals surface area (Å²) in [5.74, 6) is -0.454. The quantitative estimate of drug-likeness (QED) is 0.280. The highest BCUT2D eigenvalue weighted by atomic mass is 35.5. The topological polar surface area (TPSA) is 29.5 Å². The molecule has 0 aliphatic heterocycles. The van der Waals surface area contributed by atoms with Gasteiger partial charge in [-0.05, 0) is 60.0 Å². The number of methoxy groups -OCH3 is 1. The molecule has 0 aliphatic rings. The molecule has 0 radical (unpaired) electrons. The van der Waals surface area contributed by atoms with Gasteiger partial charge in [-0.3, -0.25) is 4.79 Å². The van der Waals surface area contributed by atoms with Crippen molar-refractivity contribution in [3.8, 4) is 5.75 Å². The molecule has 0 aromatic heterocycles. The van der Waals surface area contributed by atoms with E-state index in [4.69, 9.17) is 27.9 Å². The Bertz CT molecular complexity index is 1190. The summed E-state index contributed by atoms with van der Waals surface area (Å²) in [4.78, 5) is 14.5. The van der Waals surface area contributed by atoms with Gasteiger partial charge in [0.25, 0.3) is 5.91 Å². The number of halogens is 8. The predicted molar refractivity (Wildman–Crippen MR) is 124 cm³/mol. The maximum absolute atomic E-state index is 13.3. The van der Waals surface area contributed by atoms with Crippen LogP contribution in [0, 0.1) is 0 Å². The molecule has 0 atom stereocenters. The van der Waals surface area contributed by atoms with E-state index in [1.54, 1.807) is 36.4 Å². The van der Waals surface area contributed by atoms with E-state index >= 15 is 0 Å². The fourth-order valence-electron chi connectivity index (χ4n) is 3.44. The van der Waals surface area contributed by atoms with Crippen molar-refractivity contribution in [3.63, 3.8) is 0 Å². The highest BCUT2D eigenvalue weighted by Gasteiger charge is 2.38. The van der Waals surface area contributed by atoms with Crippen molar-refractivity contribution in [1.82, 2.24) is 4.90 Å². The van der Waals surface area contributed by atoms with E-state index in [-0.39, 0.29) is 25.6 Å². The molecule has 0 fully saturated rings. The number of amides is 1. The molecular weight excluding hydrogens is 531 g/mol. The van der Waals surface area contributed by atoms with E-state index in [1.807, 2.05) is 0 Å². The summed E-state index contributed by atoms with van der Waals surface area (Å²) in [7, 11) is 1.46. The molecule has 0 bridgehead atoms. The zero-order chi connectivity index (χ0) is 26.7. The molecule has 11 heteroatoms. The first kappa shape index (κ1) is 27.7. The number of nitrogens with zero attached hydrogens (tertiary/aromatic N) is 1. The van der Waals surface area contributed by atoms with Crippen LogP contribution in [-0.4, -0.2) is 24.5 Å². The minimum absolute atomic E-state index is 0.0158. The van der Waals surface area contributed by atoms with E-state index < -0.39 is 35.0 Å². The van der Waals surface area contributed by atoms with E-state index in [9.17, 15) is 31.1 Å². The van der Waals surface area contributed by atoms with Gasteiger partial charge >= 0.3 is 12.4 Å². The van der Waals surface area contributed by atoms with Crippen LogP contribution in [0.4, 0.5) is 26.3 Å². The van der Waals surface area contributed by atoms with Crippen molar-refractivity contribution in [2.24, 2.45) is 0 Å². The molecule has 3 aromatic rings. The lowest BCUT2D eigenvalue weighted by molar-refractivity contribution is -0.143. The maximum Gasteiger partial charge on any atom is 0.416 e. The van der Waals surface area contributed by atoms with Gasteiger partial charge < -0.3 is 9.64 Å². The first-order valence-electron chi connectivity index (χ1n) is 10.4. The van der Waals surface area contributed by atoms with E-state index in [0.717, 1.165) is 0 Å². The highest BCUT2D eigenvalue weighted by Crippen LogP contribution is 2.36. The van der Waals surface area contributed by atoms with Gasteiger partial charge in [-0.25, -0.2) is 0 Å². The van der Waals surface area contributed by atoms with Crippen LogP contribution >= 0.6 is 23.2 Å². The van der Waals surface area contributed by atoms with Gasteiger partial charge in [0.2, 0.25) is 0 Å². The second-order valence-electron chi connectivity index (χ2n) is 7.86. The third-order valence-corrected chi connectivity index (χ3v) is 5.91. The minimum atomic E-state index is -5.08. The van der Waals surface area contributed by atoms with E-state index in [0.29, 0.717) is 39.1 Å². The van der Waals surface area contributed by atoms with Crippen LogP contribution in [0.15, 0.2) is 60.7 Å². The highest BCUT2D eigenvalue weighted by molar-refractivity contribution is 6.35. The molecule has 0 saturated carbocycles. The van der Waals surface area contributed by atoms with Gasteiger partial charge in [-0.2, -0.15) is 26.3 Å². The van der Waals surface area contributed by atoms with Gasteiger partial charge in [-0.1, -0.05) is 41.4 Å². The Balaban J connectivity index is 1.99. The lowest BCUT2D eigenvalue weighted by atomic mass is 10.0. The van der Waals surface area contributed by atoms with Crippen molar-refractivity contribution >= 4 is 29.1 Å². The van der Waals surface area contributed by atoms with Gasteiger partial charge in [-0.15, -0.1) is 0 Å². The largest absolute Gasteiger partial charge is 0.497 e. The van der Waals surface area contributed by atoms with Crippen LogP contribution in [0.1, 0.15) is 32.6 Å². The van der Waals surface area contributed by atoms with Crippen molar-refractivity contribution in [2.45, 2.75) is 25.3 Å². The second-order valence-corrected chi connectivity index (χ2v) is 8.70. The Hall–Kier alpha value is -2.91. The second kappa shape index (κ2) is 11.0. The van der Waals surface area contributed by atoms with Gasteiger partial charge in [0.05, 0.1) is 18.2 Å². The Morgan fingerprint density at radius 1 is 0.861 bits per heavy atom. The van der Waals surface area contributed by atoms with Crippen molar-refractivity contribution in [3.05, 3.63) is 98.5 Å². The lowest BCUT2D eigenvalue weighted by Crippen LogP contribution is -2.33.